The van der Waals surface area contributed by atoms with Crippen molar-refractivity contribution in [2.75, 3.05) is 19.0 Å². The highest BCUT2D eigenvalue weighted by Crippen LogP contribution is 2.23. The second kappa shape index (κ2) is 3.90. The van der Waals surface area contributed by atoms with Crippen LogP contribution in [0.2, 0.25) is 0 Å². The van der Waals surface area contributed by atoms with Crippen molar-refractivity contribution in [2.24, 2.45) is 0 Å². The molecular formula is C9H11BrFN. The van der Waals surface area contributed by atoms with Crippen LogP contribution in [0.15, 0.2) is 18.2 Å². The molecule has 0 fully saturated rings. The lowest BCUT2D eigenvalue weighted by Gasteiger charge is -2.16. The molecule has 0 saturated carbocycles. The minimum Gasteiger partial charge on any atom is -0.377 e. The molecule has 66 valence electrons. The predicted molar refractivity (Wildman–Crippen MR) is 53.4 cm³/mol. The number of nitrogens with zero attached hydrogens (tertiary/aromatic N) is 1. The van der Waals surface area contributed by atoms with E-state index in [2.05, 4.69) is 15.9 Å². The van der Waals surface area contributed by atoms with Crippen molar-refractivity contribution in [1.82, 2.24) is 0 Å². The highest BCUT2D eigenvalue weighted by atomic mass is 79.9. The number of anilines is 1. The highest BCUT2D eigenvalue weighted by Gasteiger charge is 2.07. The second-order valence-electron chi connectivity index (χ2n) is 2.77. The molecule has 0 aliphatic rings. The number of alkyl halides is 1. The van der Waals surface area contributed by atoms with E-state index in [9.17, 15) is 4.39 Å². The van der Waals surface area contributed by atoms with Crippen LogP contribution in [0.5, 0.6) is 0 Å². The van der Waals surface area contributed by atoms with Crippen molar-refractivity contribution in [3.05, 3.63) is 29.6 Å². The van der Waals surface area contributed by atoms with Crippen LogP contribution in [0.3, 0.4) is 0 Å². The summed E-state index contributed by atoms with van der Waals surface area (Å²) in [5.74, 6) is -0.155. The van der Waals surface area contributed by atoms with Crippen LogP contribution in [-0.4, -0.2) is 14.1 Å². The lowest BCUT2D eigenvalue weighted by atomic mass is 10.2. The lowest BCUT2D eigenvalue weighted by Crippen LogP contribution is -2.11. The summed E-state index contributed by atoms with van der Waals surface area (Å²) in [6, 6.07) is 5.10. The second-order valence-corrected chi connectivity index (χ2v) is 3.33. The maximum Gasteiger partial charge on any atom is 0.129 e. The maximum atomic E-state index is 13.2. The third-order valence-electron chi connectivity index (χ3n) is 1.71. The van der Waals surface area contributed by atoms with Gasteiger partial charge in [-0.1, -0.05) is 22.0 Å². The molecule has 0 N–H and O–H groups in total. The van der Waals surface area contributed by atoms with Crippen LogP contribution in [0.4, 0.5) is 10.1 Å². The fourth-order valence-corrected chi connectivity index (χ4v) is 1.65. The molecule has 0 heterocycles. The van der Waals surface area contributed by atoms with Crippen LogP contribution in [-0.2, 0) is 5.33 Å². The monoisotopic (exact) mass is 231 g/mol. The normalized spacial score (nSPS) is 10.0. The fraction of sp³-hybridized carbons (Fsp3) is 0.333. The molecule has 0 aliphatic carbocycles. The van der Waals surface area contributed by atoms with Crippen molar-refractivity contribution in [2.45, 2.75) is 5.33 Å². The van der Waals surface area contributed by atoms with E-state index in [1.165, 1.54) is 6.07 Å². The molecule has 1 aromatic rings. The topological polar surface area (TPSA) is 3.24 Å². The third kappa shape index (κ3) is 1.78. The van der Waals surface area contributed by atoms with Gasteiger partial charge in [0.2, 0.25) is 0 Å². The first kappa shape index (κ1) is 9.52. The molecule has 1 rings (SSSR count). The molecular weight excluding hydrogens is 221 g/mol. The van der Waals surface area contributed by atoms with E-state index in [-0.39, 0.29) is 5.82 Å². The minimum absolute atomic E-state index is 0.155. The molecule has 0 unspecified atom stereocenters. The van der Waals surface area contributed by atoms with Gasteiger partial charge >= 0.3 is 0 Å². The average molecular weight is 232 g/mol. The lowest BCUT2D eigenvalue weighted by molar-refractivity contribution is 0.617. The van der Waals surface area contributed by atoms with Gasteiger partial charge in [0.25, 0.3) is 0 Å². The summed E-state index contributed by atoms with van der Waals surface area (Å²) >= 11 is 3.26. The molecule has 0 spiro atoms. The van der Waals surface area contributed by atoms with Crippen molar-refractivity contribution >= 4 is 21.6 Å². The van der Waals surface area contributed by atoms with Crippen molar-refractivity contribution in [3.8, 4) is 0 Å². The number of hydrogen-bond acceptors (Lipinski definition) is 1. The van der Waals surface area contributed by atoms with Crippen LogP contribution in [0.25, 0.3) is 0 Å². The predicted octanol–water partition coefficient (Wildman–Crippen LogP) is 2.79. The number of rotatable bonds is 2. The van der Waals surface area contributed by atoms with Gasteiger partial charge in [0.1, 0.15) is 5.82 Å². The molecule has 0 amide bonds. The zero-order valence-corrected chi connectivity index (χ0v) is 8.73. The van der Waals surface area contributed by atoms with Gasteiger partial charge in [-0.25, -0.2) is 4.39 Å². The first-order chi connectivity index (χ1) is 5.66. The SMILES string of the molecule is CN(C)c1cccc(F)c1CBr. The maximum absolute atomic E-state index is 13.2. The van der Waals surface area contributed by atoms with E-state index in [1.807, 2.05) is 25.1 Å². The molecule has 3 heteroatoms. The largest absolute Gasteiger partial charge is 0.377 e. The Morgan fingerprint density at radius 3 is 2.50 bits per heavy atom. The zero-order chi connectivity index (χ0) is 9.14. The first-order valence-corrected chi connectivity index (χ1v) is 4.79. The van der Waals surface area contributed by atoms with E-state index in [1.54, 1.807) is 6.07 Å². The molecule has 0 radical (unpaired) electrons. The van der Waals surface area contributed by atoms with E-state index < -0.39 is 0 Å². The van der Waals surface area contributed by atoms with E-state index in [4.69, 9.17) is 0 Å². The summed E-state index contributed by atoms with van der Waals surface area (Å²) in [5.41, 5.74) is 1.63. The fourth-order valence-electron chi connectivity index (χ4n) is 1.10. The number of benzene rings is 1. The summed E-state index contributed by atoms with van der Waals surface area (Å²) in [6.45, 7) is 0. The van der Waals surface area contributed by atoms with Crippen LogP contribution in [0, 0.1) is 5.82 Å². The standard InChI is InChI=1S/C9H11BrFN/c1-12(2)9-5-3-4-8(11)7(9)6-10/h3-5H,6H2,1-2H3. The summed E-state index contributed by atoms with van der Waals surface area (Å²) in [4.78, 5) is 1.90. The number of hydrogen-bond donors (Lipinski definition) is 0. The van der Waals surface area contributed by atoms with Gasteiger partial charge in [0, 0.05) is 30.7 Å². The van der Waals surface area contributed by atoms with Crippen LogP contribution < -0.4 is 4.90 Å². The van der Waals surface area contributed by atoms with Crippen LogP contribution in [0.1, 0.15) is 5.56 Å². The van der Waals surface area contributed by atoms with E-state index in [0.717, 1.165) is 5.69 Å². The minimum atomic E-state index is -0.155. The molecule has 0 aliphatic heterocycles. The Hall–Kier alpha value is -0.570. The Kier molecular flexibility index (Phi) is 3.09. The zero-order valence-electron chi connectivity index (χ0n) is 7.14. The summed E-state index contributed by atoms with van der Waals surface area (Å²) in [6.07, 6.45) is 0. The van der Waals surface area contributed by atoms with Crippen molar-refractivity contribution in [1.29, 1.82) is 0 Å². The Bertz CT molecular complexity index is 273. The smallest absolute Gasteiger partial charge is 0.129 e. The molecule has 1 aromatic carbocycles. The van der Waals surface area contributed by atoms with Gasteiger partial charge in [-0.05, 0) is 12.1 Å². The Labute approximate surface area is 80.3 Å². The Morgan fingerprint density at radius 2 is 2.08 bits per heavy atom. The highest BCUT2D eigenvalue weighted by molar-refractivity contribution is 9.08. The average Bonchev–Trinajstić information content (AvgIpc) is 2.03. The van der Waals surface area contributed by atoms with Crippen molar-refractivity contribution < 1.29 is 4.39 Å². The summed E-state index contributed by atoms with van der Waals surface area (Å²) in [7, 11) is 3.81. The Morgan fingerprint density at radius 1 is 1.42 bits per heavy atom. The van der Waals surface area contributed by atoms with Gasteiger partial charge in [0.15, 0.2) is 0 Å². The molecule has 0 atom stereocenters. The Balaban J connectivity index is 3.18. The van der Waals surface area contributed by atoms with Gasteiger partial charge in [-0.2, -0.15) is 0 Å². The molecule has 12 heavy (non-hydrogen) atoms. The first-order valence-electron chi connectivity index (χ1n) is 3.67. The van der Waals surface area contributed by atoms with Gasteiger partial charge in [-0.3, -0.25) is 0 Å². The van der Waals surface area contributed by atoms with E-state index >= 15 is 0 Å². The molecule has 1 nitrogen and oxygen atoms in total. The number of halogens is 2. The van der Waals surface area contributed by atoms with Gasteiger partial charge in [-0.15, -0.1) is 0 Å². The molecule has 0 aromatic heterocycles. The third-order valence-corrected chi connectivity index (χ3v) is 2.27. The van der Waals surface area contributed by atoms with Crippen LogP contribution >= 0.6 is 15.9 Å². The quantitative estimate of drug-likeness (QED) is 0.708. The van der Waals surface area contributed by atoms with Gasteiger partial charge in [0.05, 0.1) is 0 Å². The van der Waals surface area contributed by atoms with E-state index in [0.29, 0.717) is 10.9 Å². The molecule has 0 saturated heterocycles. The summed E-state index contributed by atoms with van der Waals surface area (Å²) < 4.78 is 13.2. The molecule has 0 bridgehead atoms. The summed E-state index contributed by atoms with van der Waals surface area (Å²) in [5, 5.41) is 0.549. The van der Waals surface area contributed by atoms with Gasteiger partial charge < -0.3 is 4.90 Å². The van der Waals surface area contributed by atoms with Crippen molar-refractivity contribution in [3.63, 3.8) is 0 Å².